The molecule has 5 aliphatic heterocycles. The average molecular weight is 1260 g/mol. The van der Waals surface area contributed by atoms with Gasteiger partial charge in [0.1, 0.15) is 16.8 Å². The van der Waals surface area contributed by atoms with E-state index in [0.29, 0.717) is 61.4 Å². The van der Waals surface area contributed by atoms with Crippen LogP contribution in [0.5, 0.6) is 0 Å². The van der Waals surface area contributed by atoms with Gasteiger partial charge in [-0.3, -0.25) is 39.2 Å². The van der Waals surface area contributed by atoms with Crippen LogP contribution in [0.2, 0.25) is 5.02 Å². The number of sulfonamides is 1. The molecule has 4 amide bonds. The molecular weight excluding hydrogens is 1190 g/mol. The van der Waals surface area contributed by atoms with Crippen LogP contribution in [0.15, 0.2) is 129 Å². The molecule has 1 aliphatic carbocycles. The summed E-state index contributed by atoms with van der Waals surface area (Å²) in [7, 11) is -11.1. The number of carbonyl (C=O) groups is 4. The largest absolute Gasteiger partial charge is 0.501 e. The molecule has 0 radical (unpaired) electrons. The summed E-state index contributed by atoms with van der Waals surface area (Å²) < 4.78 is 116. The van der Waals surface area contributed by atoms with Crippen LogP contribution in [0.3, 0.4) is 0 Å². The Morgan fingerprint density at radius 1 is 0.849 bits per heavy atom. The fourth-order valence-corrected chi connectivity index (χ4v) is 16.1. The first-order valence-electron chi connectivity index (χ1n) is 28.8. The van der Waals surface area contributed by atoms with Crippen molar-refractivity contribution >= 4 is 83.8 Å². The summed E-state index contributed by atoms with van der Waals surface area (Å²) in [4.78, 5) is 60.3. The SMILES string of the molecule is CC1(C)CCC(c2ccc(Cl)cc2)=C(CN2CCN(c3ccc(C(=O)NS(=O)(=O)c4ccc(N[C@H](CCN5C[C@@H]6C[C@H]5CN6Cc5cc6c(cc5F)C(=O)N(C5CCC(=O)NC5=O)C6)CSc5ccccc5)c(S(=O)(=O)C(F)(F)F)c4)cc3)CC2)C1. The lowest BCUT2D eigenvalue weighted by Gasteiger charge is -2.39. The minimum absolute atomic E-state index is 0.0309. The Morgan fingerprint density at radius 3 is 2.24 bits per heavy atom. The third kappa shape index (κ3) is 13.4. The molecule has 4 atom stereocenters. The van der Waals surface area contributed by atoms with E-state index in [1.54, 1.807) is 18.2 Å². The number of fused-ring (bicyclic) bond motifs is 3. The van der Waals surface area contributed by atoms with Crippen LogP contribution in [0.4, 0.5) is 28.9 Å². The van der Waals surface area contributed by atoms with Crippen molar-refractivity contribution in [3.05, 3.63) is 153 Å². The predicted octanol–water partition coefficient (Wildman–Crippen LogP) is 9.36. The average Bonchev–Trinajstić information content (AvgIpc) is 2.39. The number of carbonyl (C=O) groups excluding carboxylic acids is 4. The molecule has 5 aromatic carbocycles. The fraction of sp³-hybridized carbons (Fsp3) is 0.419. The molecule has 0 saturated carbocycles. The highest BCUT2D eigenvalue weighted by Gasteiger charge is 2.49. The number of rotatable bonds is 19. The Labute approximate surface area is 507 Å². The number of allylic oxidation sites excluding steroid dienone is 1. The van der Waals surface area contributed by atoms with E-state index < -0.39 is 82.4 Å². The second-order valence-electron chi connectivity index (χ2n) is 24.0. The zero-order chi connectivity index (χ0) is 60.9. The Bertz CT molecular complexity index is 3700. The molecule has 6 aliphatic rings. The molecule has 4 saturated heterocycles. The van der Waals surface area contributed by atoms with Gasteiger partial charge in [0.05, 0.1) is 10.6 Å². The topological polar surface area (TPSA) is 189 Å². The highest BCUT2D eigenvalue weighted by Crippen LogP contribution is 2.44. The van der Waals surface area contributed by atoms with Crippen molar-refractivity contribution in [1.82, 2.24) is 29.6 Å². The third-order valence-electron chi connectivity index (χ3n) is 17.6. The first kappa shape index (κ1) is 61.3. The van der Waals surface area contributed by atoms with Crippen LogP contribution < -0.4 is 20.3 Å². The number of sulfone groups is 1. The molecular formula is C62H67ClF4N8O8S3. The van der Waals surface area contributed by atoms with Crippen molar-refractivity contribution in [2.45, 2.75) is 116 Å². The Hall–Kier alpha value is -6.34. The number of nitrogens with one attached hydrogen (secondary N) is 3. The molecule has 0 spiro atoms. The lowest BCUT2D eigenvalue weighted by molar-refractivity contribution is -0.136. The molecule has 4 fully saturated rings. The number of hydrogen-bond donors (Lipinski definition) is 3. The number of nitrogens with zero attached hydrogens (tertiary/aromatic N) is 5. The third-order valence-corrected chi connectivity index (χ3v) is 21.9. The Kier molecular flexibility index (Phi) is 17.6. The number of amides is 4. The van der Waals surface area contributed by atoms with Gasteiger partial charge in [-0.1, -0.05) is 61.4 Å². The first-order valence-corrected chi connectivity index (χ1v) is 33.2. The van der Waals surface area contributed by atoms with Gasteiger partial charge >= 0.3 is 5.51 Å². The number of benzene rings is 5. The summed E-state index contributed by atoms with van der Waals surface area (Å²) in [6, 6.07) is 27.5. The van der Waals surface area contributed by atoms with Crippen LogP contribution in [0.25, 0.3) is 5.57 Å². The number of halogens is 5. The molecule has 24 heteroatoms. The summed E-state index contributed by atoms with van der Waals surface area (Å²) in [5, 5.41) is 6.01. The molecule has 86 heavy (non-hydrogen) atoms. The summed E-state index contributed by atoms with van der Waals surface area (Å²) in [6.45, 7) is 10.5. The van der Waals surface area contributed by atoms with Crippen LogP contribution in [0, 0.1) is 11.2 Å². The van der Waals surface area contributed by atoms with Crippen LogP contribution in [-0.4, -0.2) is 148 Å². The lowest BCUT2D eigenvalue weighted by atomic mass is 9.73. The van der Waals surface area contributed by atoms with Gasteiger partial charge in [-0.15, -0.1) is 11.8 Å². The lowest BCUT2D eigenvalue weighted by Crippen LogP contribution is -2.52. The number of piperidine rings is 1. The zero-order valence-corrected chi connectivity index (χ0v) is 50.8. The Morgan fingerprint density at radius 2 is 1.56 bits per heavy atom. The summed E-state index contributed by atoms with van der Waals surface area (Å²) in [5.74, 6) is -2.76. The van der Waals surface area contributed by atoms with Gasteiger partial charge in [0.15, 0.2) is 0 Å². The number of thioether (sulfide) groups is 1. The van der Waals surface area contributed by atoms with Gasteiger partial charge in [-0.25, -0.2) is 25.9 Å². The standard InChI is InChI=1S/C62H67ClF4N8O8S3/c1-61(2)22-20-51(39-8-12-44(63)13-9-39)43(32-61)33-71-24-26-72(27-25-71)46-14-10-40(11-15-46)58(77)70-86(82,83)50-16-17-54(56(30-50)85(80,81)62(65,66)67)68-45(38-84-49-6-4-3-5-7-49)21-23-73-36-48-29-47(73)37-74(48)34-42-28-41-35-75(60(79)52(41)31-53(42)64)55-18-19-57(76)69-59(55)78/h3-17,28,30-31,45,47-48,55,68H,18-27,29,32-38H2,1-2H3,(H,70,77)(H,69,76,78)/t45-,47+,48+,55?/m1/s1. The van der Waals surface area contributed by atoms with E-state index in [1.807, 2.05) is 47.2 Å². The minimum Gasteiger partial charge on any atom is -0.380 e. The van der Waals surface area contributed by atoms with E-state index >= 15 is 4.39 Å². The Balaban J connectivity index is 0.730. The smallest absolute Gasteiger partial charge is 0.380 e. The summed E-state index contributed by atoms with van der Waals surface area (Å²) >= 11 is 7.62. The van der Waals surface area contributed by atoms with Gasteiger partial charge in [-0.2, -0.15) is 13.2 Å². The number of imide groups is 1. The van der Waals surface area contributed by atoms with Crippen LogP contribution in [0.1, 0.15) is 96.2 Å². The van der Waals surface area contributed by atoms with Crippen molar-refractivity contribution in [2.75, 3.05) is 68.3 Å². The maximum absolute atomic E-state index is 15.7. The number of piperazine rings is 2. The highest BCUT2D eigenvalue weighted by molar-refractivity contribution is 7.99. The molecule has 3 N–H and O–H groups in total. The molecule has 0 aromatic heterocycles. The second kappa shape index (κ2) is 24.7. The van der Waals surface area contributed by atoms with Gasteiger partial charge in [0, 0.05) is 128 Å². The molecule has 456 valence electrons. The molecule has 5 aromatic rings. The number of alkyl halides is 3. The molecule has 16 nitrogen and oxygen atoms in total. The van der Waals surface area contributed by atoms with E-state index in [2.05, 4.69) is 56.2 Å². The van der Waals surface area contributed by atoms with E-state index in [0.717, 1.165) is 68.0 Å². The van der Waals surface area contributed by atoms with Gasteiger partial charge in [-0.05, 0) is 140 Å². The van der Waals surface area contributed by atoms with Crippen molar-refractivity contribution in [3.8, 4) is 0 Å². The van der Waals surface area contributed by atoms with Crippen LogP contribution >= 0.6 is 23.4 Å². The van der Waals surface area contributed by atoms with Crippen molar-refractivity contribution in [2.24, 2.45) is 5.41 Å². The zero-order valence-electron chi connectivity index (χ0n) is 47.5. The quantitative estimate of drug-likeness (QED) is 0.0403. The highest BCUT2D eigenvalue weighted by atomic mass is 35.5. The monoisotopic (exact) mass is 1260 g/mol. The van der Waals surface area contributed by atoms with E-state index in [1.165, 1.54) is 51.6 Å². The second-order valence-corrected chi connectivity index (χ2v) is 29.1. The van der Waals surface area contributed by atoms with Gasteiger partial charge in [0.2, 0.25) is 11.8 Å². The number of hydrogen-bond acceptors (Lipinski definition) is 14. The number of anilines is 2. The van der Waals surface area contributed by atoms with E-state index in [-0.39, 0.29) is 60.3 Å². The predicted molar refractivity (Wildman–Crippen MR) is 321 cm³/mol. The van der Waals surface area contributed by atoms with E-state index in [9.17, 15) is 49.2 Å². The fourth-order valence-electron chi connectivity index (χ4n) is 12.9. The molecule has 5 heterocycles. The maximum atomic E-state index is 15.7. The minimum atomic E-state index is -6.17. The van der Waals surface area contributed by atoms with E-state index in [4.69, 9.17) is 11.6 Å². The normalized spacial score (nSPS) is 21.7. The van der Waals surface area contributed by atoms with Crippen molar-refractivity contribution < 1.29 is 53.6 Å². The first-order chi connectivity index (χ1) is 40.9. The van der Waals surface area contributed by atoms with Gasteiger partial charge in [0.25, 0.3) is 31.7 Å². The molecule has 11 rings (SSSR count). The summed E-state index contributed by atoms with van der Waals surface area (Å²) in [6.07, 6.45) is 4.47. The summed E-state index contributed by atoms with van der Waals surface area (Å²) in [5.41, 5.74) is -0.122. The van der Waals surface area contributed by atoms with Gasteiger partial charge < -0.3 is 15.1 Å². The van der Waals surface area contributed by atoms with Crippen molar-refractivity contribution in [3.63, 3.8) is 0 Å². The van der Waals surface area contributed by atoms with Crippen molar-refractivity contribution in [1.29, 1.82) is 0 Å². The van der Waals surface area contributed by atoms with Crippen LogP contribution in [-0.2, 0) is 42.5 Å². The number of likely N-dealkylation sites (tertiary alicyclic amines) is 2. The molecule has 1 unspecified atom stereocenters. The maximum Gasteiger partial charge on any atom is 0.501 e. The molecule has 2 bridgehead atoms.